The highest BCUT2D eigenvalue weighted by Gasteiger charge is 2.43. The zero-order valence-corrected chi connectivity index (χ0v) is 17.6. The Hall–Kier alpha value is -2.62. The largest absolute Gasteiger partial charge is 0.354 e. The first-order chi connectivity index (χ1) is 14.7. The van der Waals surface area contributed by atoms with Gasteiger partial charge >= 0.3 is 0 Å². The predicted octanol–water partition coefficient (Wildman–Crippen LogP) is 4.19. The van der Waals surface area contributed by atoms with Crippen LogP contribution in [0.15, 0.2) is 48.5 Å². The first-order valence-corrected chi connectivity index (χ1v) is 11.4. The van der Waals surface area contributed by atoms with Crippen molar-refractivity contribution in [1.29, 1.82) is 0 Å². The van der Waals surface area contributed by atoms with Gasteiger partial charge in [0.15, 0.2) is 0 Å². The second kappa shape index (κ2) is 7.90. The molecule has 4 aliphatic rings. The molecule has 2 atom stereocenters. The Labute approximate surface area is 178 Å². The van der Waals surface area contributed by atoms with Crippen LogP contribution in [-0.4, -0.2) is 35.8 Å². The fourth-order valence-electron chi connectivity index (χ4n) is 6.02. The molecule has 156 valence electrons. The van der Waals surface area contributed by atoms with E-state index in [0.717, 1.165) is 25.7 Å². The molecule has 1 aliphatic heterocycles. The number of nitrogens with one attached hydrogen (secondary N) is 1. The normalized spacial score (nSPS) is 26.6. The van der Waals surface area contributed by atoms with E-state index < -0.39 is 0 Å². The van der Waals surface area contributed by atoms with Gasteiger partial charge < -0.3 is 10.2 Å². The van der Waals surface area contributed by atoms with E-state index in [9.17, 15) is 9.59 Å². The van der Waals surface area contributed by atoms with Crippen LogP contribution in [0.1, 0.15) is 73.1 Å². The van der Waals surface area contributed by atoms with E-state index in [0.29, 0.717) is 37.3 Å². The minimum absolute atomic E-state index is 0.0273. The summed E-state index contributed by atoms with van der Waals surface area (Å²) in [7, 11) is 0. The van der Waals surface area contributed by atoms with E-state index in [-0.39, 0.29) is 17.9 Å². The van der Waals surface area contributed by atoms with Gasteiger partial charge in [-0.3, -0.25) is 9.59 Å². The number of hydrogen-bond acceptors (Lipinski definition) is 2. The molecule has 2 aromatic carbocycles. The molecule has 4 nitrogen and oxygen atoms in total. The predicted molar refractivity (Wildman–Crippen MR) is 117 cm³/mol. The molecule has 2 unspecified atom stereocenters. The fraction of sp³-hybridized carbons (Fsp3) is 0.462. The third-order valence-corrected chi connectivity index (χ3v) is 7.39. The third kappa shape index (κ3) is 3.13. The Morgan fingerprint density at radius 3 is 2.23 bits per heavy atom. The monoisotopic (exact) mass is 402 g/mol. The molecule has 1 saturated heterocycles. The number of likely N-dealkylation sites (tertiary alicyclic amines) is 1. The van der Waals surface area contributed by atoms with Crippen molar-refractivity contribution >= 4 is 11.8 Å². The van der Waals surface area contributed by atoms with Crippen LogP contribution in [0.5, 0.6) is 0 Å². The Balaban J connectivity index is 1.35. The van der Waals surface area contributed by atoms with Crippen molar-refractivity contribution in [3.8, 4) is 0 Å². The van der Waals surface area contributed by atoms with E-state index >= 15 is 0 Å². The lowest BCUT2D eigenvalue weighted by atomic mass is 9.59. The molecule has 2 amide bonds. The van der Waals surface area contributed by atoms with Crippen LogP contribution in [0.4, 0.5) is 0 Å². The number of carbonyl (C=O) groups excluding carboxylic acids is 2. The number of amides is 2. The fourth-order valence-corrected chi connectivity index (χ4v) is 6.02. The second-order valence-corrected chi connectivity index (χ2v) is 8.98. The van der Waals surface area contributed by atoms with Gasteiger partial charge in [-0.2, -0.15) is 0 Å². The molecule has 2 aromatic rings. The quantitative estimate of drug-likeness (QED) is 0.834. The molecule has 2 bridgehead atoms. The molecule has 3 aliphatic carbocycles. The zero-order chi connectivity index (χ0) is 20.7. The summed E-state index contributed by atoms with van der Waals surface area (Å²) in [5, 5.41) is 3.24. The minimum Gasteiger partial charge on any atom is -0.354 e. The number of carbonyl (C=O) groups is 2. The van der Waals surface area contributed by atoms with Gasteiger partial charge in [-0.25, -0.2) is 0 Å². The van der Waals surface area contributed by atoms with E-state index in [2.05, 4.69) is 53.8 Å². The Morgan fingerprint density at radius 1 is 0.967 bits per heavy atom. The molecule has 0 aromatic heterocycles. The van der Waals surface area contributed by atoms with Crippen molar-refractivity contribution in [2.75, 3.05) is 13.1 Å². The first-order valence-electron chi connectivity index (χ1n) is 11.4. The van der Waals surface area contributed by atoms with Gasteiger partial charge in [0, 0.05) is 31.3 Å². The minimum atomic E-state index is -0.299. The molecule has 0 radical (unpaired) electrons. The van der Waals surface area contributed by atoms with Gasteiger partial charge in [0.1, 0.15) is 6.04 Å². The number of rotatable bonds is 4. The SMILES string of the molecule is CCC(=O)N1CCCCC1C(=O)NCC1CC2c3ccccc3C1c1ccccc12. The molecular formula is C26H30N2O2. The van der Waals surface area contributed by atoms with Crippen molar-refractivity contribution in [1.82, 2.24) is 10.2 Å². The lowest BCUT2D eigenvalue weighted by molar-refractivity contribution is -0.142. The highest BCUT2D eigenvalue weighted by atomic mass is 16.2. The maximum Gasteiger partial charge on any atom is 0.242 e. The first kappa shape index (κ1) is 19.3. The van der Waals surface area contributed by atoms with Crippen LogP contribution in [0.3, 0.4) is 0 Å². The van der Waals surface area contributed by atoms with Crippen molar-refractivity contribution in [3.63, 3.8) is 0 Å². The van der Waals surface area contributed by atoms with E-state index in [1.165, 1.54) is 22.3 Å². The number of hydrogen-bond donors (Lipinski definition) is 1. The molecule has 0 saturated carbocycles. The molecule has 6 rings (SSSR count). The molecule has 30 heavy (non-hydrogen) atoms. The molecule has 4 heteroatoms. The lowest BCUT2D eigenvalue weighted by Gasteiger charge is -2.46. The van der Waals surface area contributed by atoms with Crippen LogP contribution in [-0.2, 0) is 9.59 Å². The van der Waals surface area contributed by atoms with Gasteiger partial charge in [0.05, 0.1) is 0 Å². The highest BCUT2D eigenvalue weighted by molar-refractivity contribution is 5.87. The maximum absolute atomic E-state index is 13.1. The standard InChI is InChI=1S/C26H30N2O2/c1-2-24(29)28-14-8-7-13-23(28)26(30)27-16-17-15-22-18-9-3-5-11-20(18)25(17)21-12-6-4-10-19(21)22/h3-6,9-12,17,22-23,25H,2,7-8,13-16H2,1H3,(H,27,30). The maximum atomic E-state index is 13.1. The highest BCUT2D eigenvalue weighted by Crippen LogP contribution is 2.55. The Bertz CT molecular complexity index is 922. The Kier molecular flexibility index (Phi) is 5.10. The second-order valence-electron chi connectivity index (χ2n) is 8.98. The summed E-state index contributed by atoms with van der Waals surface area (Å²) in [4.78, 5) is 27.2. The van der Waals surface area contributed by atoms with Gasteiger partial charge in [-0.05, 0) is 53.9 Å². The van der Waals surface area contributed by atoms with Gasteiger partial charge in [-0.15, -0.1) is 0 Å². The molecule has 1 heterocycles. The van der Waals surface area contributed by atoms with Crippen molar-refractivity contribution in [3.05, 3.63) is 70.8 Å². The summed E-state index contributed by atoms with van der Waals surface area (Å²) >= 11 is 0. The van der Waals surface area contributed by atoms with Crippen molar-refractivity contribution in [2.45, 2.75) is 56.9 Å². The summed E-state index contributed by atoms with van der Waals surface area (Å²) in [5.74, 6) is 1.26. The third-order valence-electron chi connectivity index (χ3n) is 7.39. The molecule has 0 spiro atoms. The number of benzene rings is 2. The summed E-state index contributed by atoms with van der Waals surface area (Å²) in [6.45, 7) is 3.26. The average Bonchev–Trinajstić information content (AvgIpc) is 2.82. The zero-order valence-electron chi connectivity index (χ0n) is 17.6. The summed E-state index contributed by atoms with van der Waals surface area (Å²) in [6, 6.07) is 17.3. The van der Waals surface area contributed by atoms with Crippen LogP contribution < -0.4 is 5.32 Å². The topological polar surface area (TPSA) is 49.4 Å². The van der Waals surface area contributed by atoms with Crippen molar-refractivity contribution in [2.24, 2.45) is 5.92 Å². The van der Waals surface area contributed by atoms with E-state index in [4.69, 9.17) is 0 Å². The van der Waals surface area contributed by atoms with Gasteiger partial charge in [0.2, 0.25) is 11.8 Å². The van der Waals surface area contributed by atoms with Crippen LogP contribution in [0, 0.1) is 5.92 Å². The molecule has 1 fully saturated rings. The van der Waals surface area contributed by atoms with Crippen molar-refractivity contribution < 1.29 is 9.59 Å². The smallest absolute Gasteiger partial charge is 0.242 e. The summed E-state index contributed by atoms with van der Waals surface area (Å²) in [6.07, 6.45) is 4.32. The summed E-state index contributed by atoms with van der Waals surface area (Å²) < 4.78 is 0. The number of fused-ring (bicyclic) bond motifs is 1. The summed E-state index contributed by atoms with van der Waals surface area (Å²) in [5.41, 5.74) is 5.76. The lowest BCUT2D eigenvalue weighted by Crippen LogP contribution is -2.53. The van der Waals surface area contributed by atoms with Crippen LogP contribution in [0.2, 0.25) is 0 Å². The molecular weight excluding hydrogens is 372 g/mol. The average molecular weight is 403 g/mol. The number of piperidine rings is 1. The number of nitrogens with zero attached hydrogens (tertiary/aromatic N) is 1. The van der Waals surface area contributed by atoms with E-state index in [1.807, 2.05) is 6.92 Å². The van der Waals surface area contributed by atoms with Gasteiger partial charge in [-0.1, -0.05) is 55.5 Å². The molecule has 1 N–H and O–H groups in total. The van der Waals surface area contributed by atoms with E-state index in [1.54, 1.807) is 4.90 Å². The van der Waals surface area contributed by atoms with Crippen LogP contribution >= 0.6 is 0 Å². The Morgan fingerprint density at radius 2 is 1.60 bits per heavy atom. The van der Waals surface area contributed by atoms with Crippen LogP contribution in [0.25, 0.3) is 0 Å². The van der Waals surface area contributed by atoms with Gasteiger partial charge in [0.25, 0.3) is 0 Å².